The van der Waals surface area contributed by atoms with Gasteiger partial charge in [0.2, 0.25) is 0 Å². The molecule has 0 unspecified atom stereocenters. The van der Waals surface area contributed by atoms with Gasteiger partial charge in [-0.3, -0.25) is 0 Å². The Morgan fingerprint density at radius 2 is 2.00 bits per heavy atom. The zero-order chi connectivity index (χ0) is 16.5. The Kier molecular flexibility index (Phi) is 7.74. The summed E-state index contributed by atoms with van der Waals surface area (Å²) in [6, 6.07) is 7.98. The van der Waals surface area contributed by atoms with E-state index in [4.69, 9.17) is 4.74 Å². The molecule has 1 atom stereocenters. The van der Waals surface area contributed by atoms with Gasteiger partial charge in [-0.25, -0.2) is 4.79 Å². The van der Waals surface area contributed by atoms with Crippen LogP contribution in [0.4, 0.5) is 4.79 Å². The van der Waals surface area contributed by atoms with Crippen LogP contribution in [0.3, 0.4) is 0 Å². The van der Waals surface area contributed by atoms with Crippen molar-refractivity contribution in [2.24, 2.45) is 0 Å². The summed E-state index contributed by atoms with van der Waals surface area (Å²) in [5, 5.41) is 3.07. The van der Waals surface area contributed by atoms with Crippen molar-refractivity contribution in [2.75, 3.05) is 34.3 Å². The molecule has 5 heteroatoms. The van der Waals surface area contributed by atoms with Gasteiger partial charge in [0.1, 0.15) is 5.75 Å². The van der Waals surface area contributed by atoms with Crippen molar-refractivity contribution in [3.8, 4) is 5.75 Å². The lowest BCUT2D eigenvalue weighted by atomic mass is 10.2. The van der Waals surface area contributed by atoms with Crippen molar-refractivity contribution in [1.82, 2.24) is 15.1 Å². The van der Waals surface area contributed by atoms with Crippen molar-refractivity contribution in [3.05, 3.63) is 29.8 Å². The van der Waals surface area contributed by atoms with Crippen LogP contribution in [-0.4, -0.2) is 56.2 Å². The number of ether oxygens (including phenoxy) is 1. The van der Waals surface area contributed by atoms with E-state index in [1.165, 1.54) is 0 Å². The Balaban J connectivity index is 2.57. The van der Waals surface area contributed by atoms with Crippen molar-refractivity contribution in [3.63, 3.8) is 0 Å². The second-order valence-electron chi connectivity index (χ2n) is 5.75. The number of hydrogen-bond acceptors (Lipinski definition) is 3. The van der Waals surface area contributed by atoms with Gasteiger partial charge < -0.3 is 19.9 Å². The molecule has 1 N–H and O–H groups in total. The first-order valence-electron chi connectivity index (χ1n) is 7.84. The van der Waals surface area contributed by atoms with Crippen LogP contribution in [0.1, 0.15) is 25.8 Å². The minimum atomic E-state index is -0.0458. The number of nitrogens with one attached hydrogen (secondary N) is 1. The van der Waals surface area contributed by atoms with Gasteiger partial charge in [-0.05, 0) is 45.1 Å². The number of urea groups is 1. The molecule has 0 aromatic heterocycles. The number of carbonyl (C=O) groups is 1. The third kappa shape index (κ3) is 6.35. The minimum absolute atomic E-state index is 0.0458. The maximum atomic E-state index is 12.3. The summed E-state index contributed by atoms with van der Waals surface area (Å²) in [4.78, 5) is 16.1. The van der Waals surface area contributed by atoms with Gasteiger partial charge in [-0.15, -0.1) is 0 Å². The largest absolute Gasteiger partial charge is 0.494 e. The van der Waals surface area contributed by atoms with Crippen LogP contribution in [0.25, 0.3) is 0 Å². The van der Waals surface area contributed by atoms with Crippen LogP contribution in [-0.2, 0) is 6.54 Å². The van der Waals surface area contributed by atoms with Gasteiger partial charge >= 0.3 is 6.03 Å². The highest BCUT2D eigenvalue weighted by atomic mass is 16.5. The van der Waals surface area contributed by atoms with Gasteiger partial charge in [0.25, 0.3) is 0 Å². The van der Waals surface area contributed by atoms with Crippen molar-refractivity contribution < 1.29 is 9.53 Å². The van der Waals surface area contributed by atoms with Crippen LogP contribution >= 0.6 is 0 Å². The Bertz CT molecular complexity index is 463. The maximum Gasteiger partial charge on any atom is 0.317 e. The van der Waals surface area contributed by atoms with E-state index in [2.05, 4.69) is 17.1 Å². The van der Waals surface area contributed by atoms with Crippen molar-refractivity contribution >= 4 is 6.03 Å². The zero-order valence-corrected chi connectivity index (χ0v) is 14.4. The van der Waals surface area contributed by atoms with Gasteiger partial charge in [0, 0.05) is 26.2 Å². The lowest BCUT2D eigenvalue weighted by Crippen LogP contribution is -2.46. The van der Waals surface area contributed by atoms with E-state index >= 15 is 0 Å². The molecule has 0 fully saturated rings. The fourth-order valence-corrected chi connectivity index (χ4v) is 2.25. The lowest BCUT2D eigenvalue weighted by molar-refractivity contribution is 0.198. The molecular formula is C17H29N3O2. The Morgan fingerprint density at radius 1 is 1.27 bits per heavy atom. The van der Waals surface area contributed by atoms with E-state index in [-0.39, 0.29) is 12.1 Å². The maximum absolute atomic E-state index is 12.3. The first-order chi connectivity index (χ1) is 10.5. The van der Waals surface area contributed by atoms with E-state index in [0.717, 1.165) is 24.3 Å². The summed E-state index contributed by atoms with van der Waals surface area (Å²) in [5.41, 5.74) is 1.06. The molecule has 22 heavy (non-hydrogen) atoms. The molecule has 0 aliphatic heterocycles. The Labute approximate surface area is 134 Å². The number of hydrogen-bond donors (Lipinski definition) is 1. The molecule has 0 aliphatic carbocycles. The van der Waals surface area contributed by atoms with E-state index in [1.54, 1.807) is 4.90 Å². The van der Waals surface area contributed by atoms with E-state index in [0.29, 0.717) is 13.2 Å². The average Bonchev–Trinajstić information content (AvgIpc) is 2.46. The average molecular weight is 307 g/mol. The third-order valence-electron chi connectivity index (χ3n) is 3.38. The van der Waals surface area contributed by atoms with Gasteiger partial charge in [-0.2, -0.15) is 0 Å². The number of amides is 2. The number of rotatable bonds is 8. The molecule has 0 saturated heterocycles. The number of likely N-dealkylation sites (N-methyl/N-ethyl adjacent to an activating group) is 1. The molecule has 1 rings (SSSR count). The fourth-order valence-electron chi connectivity index (χ4n) is 2.25. The molecular weight excluding hydrogens is 278 g/mol. The molecule has 0 spiro atoms. The van der Waals surface area contributed by atoms with Gasteiger partial charge in [0.15, 0.2) is 0 Å². The highest BCUT2D eigenvalue weighted by Gasteiger charge is 2.15. The second-order valence-corrected chi connectivity index (χ2v) is 5.75. The normalized spacial score (nSPS) is 12.1. The molecule has 0 bridgehead atoms. The van der Waals surface area contributed by atoms with Gasteiger partial charge in [-0.1, -0.05) is 19.1 Å². The predicted octanol–water partition coefficient (Wildman–Crippen LogP) is 2.57. The van der Waals surface area contributed by atoms with Crippen molar-refractivity contribution in [2.45, 2.75) is 32.9 Å². The van der Waals surface area contributed by atoms with Crippen LogP contribution in [0.2, 0.25) is 0 Å². The molecule has 0 heterocycles. The van der Waals surface area contributed by atoms with Crippen LogP contribution < -0.4 is 10.1 Å². The van der Waals surface area contributed by atoms with E-state index in [1.807, 2.05) is 52.3 Å². The van der Waals surface area contributed by atoms with Crippen LogP contribution in [0, 0.1) is 0 Å². The standard InChI is InChI=1S/C17H29N3O2/c1-6-15(13-19(3)4)18-17(21)20(5)12-14-9-8-10-16(11-14)22-7-2/h8-11,15H,6-7,12-13H2,1-5H3,(H,18,21)/t15-/m0/s1. The molecule has 0 aliphatic rings. The fraction of sp³-hybridized carbons (Fsp3) is 0.588. The van der Waals surface area contributed by atoms with Crippen molar-refractivity contribution in [1.29, 1.82) is 0 Å². The topological polar surface area (TPSA) is 44.8 Å². The number of nitrogens with zero attached hydrogens (tertiary/aromatic N) is 2. The Hall–Kier alpha value is -1.75. The molecule has 5 nitrogen and oxygen atoms in total. The summed E-state index contributed by atoms with van der Waals surface area (Å²) in [6.45, 7) is 6.09. The molecule has 0 radical (unpaired) electrons. The highest BCUT2D eigenvalue weighted by Crippen LogP contribution is 2.14. The first kappa shape index (κ1) is 18.3. The van der Waals surface area contributed by atoms with E-state index in [9.17, 15) is 4.79 Å². The zero-order valence-electron chi connectivity index (χ0n) is 14.4. The summed E-state index contributed by atoms with van der Waals surface area (Å²) in [6.07, 6.45) is 0.914. The summed E-state index contributed by atoms with van der Waals surface area (Å²) < 4.78 is 5.49. The number of benzene rings is 1. The lowest BCUT2D eigenvalue weighted by Gasteiger charge is -2.25. The monoisotopic (exact) mass is 307 g/mol. The third-order valence-corrected chi connectivity index (χ3v) is 3.38. The van der Waals surface area contributed by atoms with Gasteiger partial charge in [0.05, 0.1) is 6.61 Å². The minimum Gasteiger partial charge on any atom is -0.494 e. The molecule has 1 aromatic rings. The molecule has 2 amide bonds. The summed E-state index contributed by atoms with van der Waals surface area (Å²) >= 11 is 0. The molecule has 0 saturated carbocycles. The SMILES string of the molecule is CCOc1cccc(CN(C)C(=O)N[C@@H](CC)CN(C)C)c1. The Morgan fingerprint density at radius 3 is 2.59 bits per heavy atom. The highest BCUT2D eigenvalue weighted by molar-refractivity contribution is 5.74. The molecule has 124 valence electrons. The first-order valence-corrected chi connectivity index (χ1v) is 7.84. The number of carbonyl (C=O) groups excluding carboxylic acids is 1. The summed E-state index contributed by atoms with van der Waals surface area (Å²) in [7, 11) is 5.83. The quantitative estimate of drug-likeness (QED) is 0.803. The molecule has 1 aromatic carbocycles. The van der Waals surface area contributed by atoms with E-state index < -0.39 is 0 Å². The second kappa shape index (κ2) is 9.30. The smallest absolute Gasteiger partial charge is 0.317 e. The summed E-state index contributed by atoms with van der Waals surface area (Å²) in [5.74, 6) is 0.841. The van der Waals surface area contributed by atoms with Crippen LogP contribution in [0.15, 0.2) is 24.3 Å². The predicted molar refractivity (Wildman–Crippen MR) is 90.2 cm³/mol. The van der Waals surface area contributed by atoms with Crippen LogP contribution in [0.5, 0.6) is 5.75 Å².